The molecular formula is C24H30O4Si. The quantitative estimate of drug-likeness (QED) is 0.355. The molecule has 0 bridgehead atoms. The zero-order valence-electron chi connectivity index (χ0n) is 17.7. The fourth-order valence-corrected chi connectivity index (χ4v) is 6.29. The standard InChI is InChI=1S/C24H30O4Si/c1-6-27-22(25)24(23(26)28-7-2,18-20-14-10-8-11-15-20)19(3)29(4,5)21-16-12-9-13-17-21/h8-17H,3,6-7,18H2,1-2,4-5H3. The van der Waals surface area contributed by atoms with Crippen LogP contribution in [0.4, 0.5) is 0 Å². The smallest absolute Gasteiger partial charge is 0.327 e. The number of hydrogen-bond donors (Lipinski definition) is 0. The third-order valence-electron chi connectivity index (χ3n) is 5.32. The highest BCUT2D eigenvalue weighted by atomic mass is 28.3. The maximum atomic E-state index is 13.3. The Labute approximate surface area is 174 Å². The summed E-state index contributed by atoms with van der Waals surface area (Å²) < 4.78 is 10.8. The molecule has 29 heavy (non-hydrogen) atoms. The molecule has 2 aromatic rings. The van der Waals surface area contributed by atoms with Gasteiger partial charge < -0.3 is 9.47 Å². The Morgan fingerprint density at radius 1 is 0.862 bits per heavy atom. The molecule has 0 radical (unpaired) electrons. The lowest BCUT2D eigenvalue weighted by Crippen LogP contribution is -2.56. The molecule has 0 saturated heterocycles. The van der Waals surface area contributed by atoms with Gasteiger partial charge in [-0.05, 0) is 19.4 Å². The summed E-state index contributed by atoms with van der Waals surface area (Å²) in [6.45, 7) is 12.4. The van der Waals surface area contributed by atoms with Gasteiger partial charge in [0.15, 0.2) is 5.41 Å². The van der Waals surface area contributed by atoms with E-state index in [1.807, 2.05) is 60.7 Å². The molecule has 154 valence electrons. The van der Waals surface area contributed by atoms with Gasteiger partial charge in [0, 0.05) is 6.42 Å². The van der Waals surface area contributed by atoms with Crippen LogP contribution in [-0.4, -0.2) is 33.2 Å². The molecule has 0 amide bonds. The predicted octanol–water partition coefficient (Wildman–Crippen LogP) is 4.05. The second-order valence-electron chi connectivity index (χ2n) is 7.48. The van der Waals surface area contributed by atoms with Crippen molar-refractivity contribution >= 4 is 25.2 Å². The molecular weight excluding hydrogens is 380 g/mol. The van der Waals surface area contributed by atoms with Gasteiger partial charge >= 0.3 is 11.9 Å². The van der Waals surface area contributed by atoms with Gasteiger partial charge in [-0.1, -0.05) is 84.1 Å². The number of hydrogen-bond acceptors (Lipinski definition) is 4. The molecule has 0 fully saturated rings. The first kappa shape index (κ1) is 22.6. The number of ether oxygens (including phenoxy) is 2. The van der Waals surface area contributed by atoms with Crippen molar-refractivity contribution in [2.75, 3.05) is 13.2 Å². The van der Waals surface area contributed by atoms with Crippen molar-refractivity contribution in [2.24, 2.45) is 5.41 Å². The summed E-state index contributed by atoms with van der Waals surface area (Å²) in [4.78, 5) is 26.7. The lowest BCUT2D eigenvalue weighted by atomic mass is 9.81. The molecule has 0 saturated carbocycles. The zero-order valence-corrected chi connectivity index (χ0v) is 18.7. The van der Waals surface area contributed by atoms with E-state index < -0.39 is 25.4 Å². The highest BCUT2D eigenvalue weighted by molar-refractivity contribution is 6.96. The average Bonchev–Trinajstić information content (AvgIpc) is 2.73. The summed E-state index contributed by atoms with van der Waals surface area (Å²) in [5.74, 6) is -1.19. The first-order valence-electron chi connectivity index (χ1n) is 9.94. The van der Waals surface area contributed by atoms with Gasteiger partial charge in [0.25, 0.3) is 0 Å². The topological polar surface area (TPSA) is 52.6 Å². The van der Waals surface area contributed by atoms with Gasteiger partial charge in [-0.25, -0.2) is 0 Å². The van der Waals surface area contributed by atoms with Gasteiger partial charge in [0.1, 0.15) is 8.07 Å². The van der Waals surface area contributed by atoms with Crippen LogP contribution >= 0.6 is 0 Å². The summed E-state index contributed by atoms with van der Waals surface area (Å²) in [5, 5.41) is 1.69. The third kappa shape index (κ3) is 4.67. The third-order valence-corrected chi connectivity index (χ3v) is 9.04. The van der Waals surface area contributed by atoms with E-state index >= 15 is 0 Å². The largest absolute Gasteiger partial charge is 0.465 e. The molecule has 2 aromatic carbocycles. The predicted molar refractivity (Wildman–Crippen MR) is 119 cm³/mol. The monoisotopic (exact) mass is 410 g/mol. The number of esters is 2. The van der Waals surface area contributed by atoms with E-state index in [1.54, 1.807) is 13.8 Å². The lowest BCUT2D eigenvalue weighted by Gasteiger charge is -2.38. The zero-order chi connectivity index (χ0) is 21.5. The number of carbonyl (C=O) groups is 2. The molecule has 0 aliphatic heterocycles. The van der Waals surface area contributed by atoms with Crippen molar-refractivity contribution in [2.45, 2.75) is 33.4 Å². The van der Waals surface area contributed by atoms with E-state index in [0.29, 0.717) is 5.20 Å². The molecule has 0 aromatic heterocycles. The molecule has 4 nitrogen and oxygen atoms in total. The van der Waals surface area contributed by atoms with E-state index in [-0.39, 0.29) is 19.6 Å². The van der Waals surface area contributed by atoms with Crippen LogP contribution in [0.1, 0.15) is 19.4 Å². The van der Waals surface area contributed by atoms with E-state index in [2.05, 4.69) is 19.7 Å². The highest BCUT2D eigenvalue weighted by Gasteiger charge is 2.55. The van der Waals surface area contributed by atoms with E-state index in [1.165, 1.54) is 0 Å². The highest BCUT2D eigenvalue weighted by Crippen LogP contribution is 2.39. The molecule has 0 spiro atoms. The van der Waals surface area contributed by atoms with Crippen molar-refractivity contribution in [3.05, 3.63) is 78.0 Å². The van der Waals surface area contributed by atoms with Crippen LogP contribution in [-0.2, 0) is 25.5 Å². The number of rotatable bonds is 9. The number of carbonyl (C=O) groups excluding carboxylic acids is 2. The van der Waals surface area contributed by atoms with Gasteiger partial charge in [0.2, 0.25) is 0 Å². The fourth-order valence-electron chi connectivity index (χ4n) is 3.55. The molecule has 0 aliphatic rings. The van der Waals surface area contributed by atoms with Crippen LogP contribution in [0.2, 0.25) is 13.1 Å². The maximum Gasteiger partial charge on any atom is 0.327 e. The van der Waals surface area contributed by atoms with E-state index in [4.69, 9.17) is 9.47 Å². The van der Waals surface area contributed by atoms with Crippen molar-refractivity contribution in [1.29, 1.82) is 0 Å². The van der Waals surface area contributed by atoms with Gasteiger partial charge in [-0.15, -0.1) is 6.58 Å². The molecule has 2 rings (SSSR count). The second kappa shape index (κ2) is 9.70. The first-order chi connectivity index (χ1) is 13.8. The Hall–Kier alpha value is -2.66. The Kier molecular flexibility index (Phi) is 7.57. The summed E-state index contributed by atoms with van der Waals surface area (Å²) in [6, 6.07) is 19.4. The molecule has 0 unspecified atom stereocenters. The SMILES string of the molecule is C=C(C(Cc1ccccc1)(C(=O)OCC)C(=O)OCC)[Si](C)(C)c1ccccc1. The summed E-state index contributed by atoms with van der Waals surface area (Å²) >= 11 is 0. The van der Waals surface area contributed by atoms with Crippen LogP contribution < -0.4 is 5.19 Å². The summed E-state index contributed by atoms with van der Waals surface area (Å²) in [6.07, 6.45) is 0.160. The Morgan fingerprint density at radius 3 is 1.76 bits per heavy atom. The van der Waals surface area contributed by atoms with Crippen LogP contribution in [0.25, 0.3) is 0 Å². The van der Waals surface area contributed by atoms with Crippen molar-refractivity contribution < 1.29 is 19.1 Å². The fraction of sp³-hybridized carbons (Fsp3) is 0.333. The first-order valence-corrected chi connectivity index (χ1v) is 12.9. The minimum Gasteiger partial charge on any atom is -0.465 e. The van der Waals surface area contributed by atoms with Crippen molar-refractivity contribution in [1.82, 2.24) is 0 Å². The molecule has 5 heteroatoms. The van der Waals surface area contributed by atoms with Gasteiger partial charge in [0.05, 0.1) is 13.2 Å². The molecule has 0 N–H and O–H groups in total. The number of benzene rings is 2. The maximum absolute atomic E-state index is 13.3. The Bertz CT molecular complexity index is 826. The Morgan fingerprint density at radius 2 is 1.31 bits per heavy atom. The van der Waals surface area contributed by atoms with Gasteiger partial charge in [-0.3, -0.25) is 9.59 Å². The van der Waals surface area contributed by atoms with Crippen molar-refractivity contribution in [3.8, 4) is 0 Å². The molecule has 0 aliphatic carbocycles. The van der Waals surface area contributed by atoms with Crippen LogP contribution in [0.15, 0.2) is 72.4 Å². The van der Waals surface area contributed by atoms with Gasteiger partial charge in [-0.2, -0.15) is 0 Å². The summed E-state index contributed by atoms with van der Waals surface area (Å²) in [5.41, 5.74) is -0.730. The van der Waals surface area contributed by atoms with Crippen LogP contribution in [0, 0.1) is 5.41 Å². The average molecular weight is 411 g/mol. The minimum absolute atomic E-state index is 0.160. The molecule has 0 atom stereocenters. The minimum atomic E-state index is -2.45. The van der Waals surface area contributed by atoms with E-state index in [0.717, 1.165) is 10.8 Å². The second-order valence-corrected chi connectivity index (χ2v) is 11.9. The normalized spacial score (nSPS) is 11.6. The van der Waals surface area contributed by atoms with Crippen LogP contribution in [0.3, 0.4) is 0 Å². The van der Waals surface area contributed by atoms with Crippen molar-refractivity contribution in [3.63, 3.8) is 0 Å². The Balaban J connectivity index is 2.66. The lowest BCUT2D eigenvalue weighted by molar-refractivity contribution is -0.168. The summed E-state index contributed by atoms with van der Waals surface area (Å²) in [7, 11) is -2.45. The molecule has 0 heterocycles. The van der Waals surface area contributed by atoms with E-state index in [9.17, 15) is 9.59 Å². The van der Waals surface area contributed by atoms with Crippen LogP contribution in [0.5, 0.6) is 0 Å².